The first-order valence-corrected chi connectivity index (χ1v) is 7.92. The smallest absolute Gasteiger partial charge is 0.332 e. The van der Waals surface area contributed by atoms with Crippen molar-refractivity contribution in [2.45, 2.75) is 20.4 Å². The van der Waals surface area contributed by atoms with Crippen LogP contribution in [0.4, 0.5) is 17.5 Å². The van der Waals surface area contributed by atoms with Gasteiger partial charge < -0.3 is 10.6 Å². The molecule has 0 saturated carbocycles. The van der Waals surface area contributed by atoms with Gasteiger partial charge in [-0.3, -0.25) is 10.1 Å². The van der Waals surface area contributed by atoms with Crippen LogP contribution in [0.2, 0.25) is 0 Å². The maximum atomic E-state index is 11.2. The van der Waals surface area contributed by atoms with Gasteiger partial charge in [-0.2, -0.15) is 4.98 Å². The molecule has 0 saturated heterocycles. The fourth-order valence-corrected chi connectivity index (χ4v) is 3.19. The zero-order valence-corrected chi connectivity index (χ0v) is 13.9. The Morgan fingerprint density at radius 3 is 2.76 bits per heavy atom. The summed E-state index contributed by atoms with van der Waals surface area (Å²) < 4.78 is 0.973. The van der Waals surface area contributed by atoms with Crippen molar-refractivity contribution in [3.63, 3.8) is 0 Å². The first-order valence-electron chi connectivity index (χ1n) is 6.25. The molecule has 21 heavy (non-hydrogen) atoms. The number of anilines is 2. The van der Waals surface area contributed by atoms with Crippen LogP contribution in [0.3, 0.4) is 0 Å². The molecule has 9 heteroatoms. The van der Waals surface area contributed by atoms with E-state index in [2.05, 4.69) is 36.5 Å². The molecule has 0 fully saturated rings. The number of rotatable bonds is 6. The van der Waals surface area contributed by atoms with Gasteiger partial charge in [0.15, 0.2) is 0 Å². The Hall–Kier alpha value is -1.74. The molecule has 0 radical (unpaired) electrons. The van der Waals surface area contributed by atoms with Crippen LogP contribution in [0.15, 0.2) is 15.9 Å². The van der Waals surface area contributed by atoms with Crippen LogP contribution >= 0.6 is 27.3 Å². The quantitative estimate of drug-likeness (QED) is 0.595. The fraction of sp³-hybridized carbons (Fsp3) is 0.333. The monoisotopic (exact) mass is 371 g/mol. The Balaban J connectivity index is 2.30. The largest absolute Gasteiger partial charge is 0.359 e. The lowest BCUT2D eigenvalue weighted by Gasteiger charge is -2.09. The van der Waals surface area contributed by atoms with Crippen LogP contribution in [0.1, 0.15) is 17.5 Å². The summed E-state index contributed by atoms with van der Waals surface area (Å²) in [4.78, 5) is 20.1. The predicted molar refractivity (Wildman–Crippen MR) is 86.9 cm³/mol. The Kier molecular flexibility index (Phi) is 5.07. The fourth-order valence-electron chi connectivity index (χ4n) is 1.76. The molecule has 0 aliphatic carbocycles. The van der Waals surface area contributed by atoms with Crippen molar-refractivity contribution in [2.24, 2.45) is 0 Å². The van der Waals surface area contributed by atoms with E-state index in [9.17, 15) is 10.1 Å². The maximum absolute atomic E-state index is 11.2. The van der Waals surface area contributed by atoms with Crippen LogP contribution in [0.25, 0.3) is 0 Å². The van der Waals surface area contributed by atoms with E-state index in [4.69, 9.17) is 0 Å². The molecule has 2 heterocycles. The van der Waals surface area contributed by atoms with E-state index in [0.29, 0.717) is 24.7 Å². The lowest BCUT2D eigenvalue weighted by molar-refractivity contribution is -0.385. The second kappa shape index (κ2) is 6.81. The lowest BCUT2D eigenvalue weighted by Crippen LogP contribution is -2.10. The molecule has 0 amide bonds. The summed E-state index contributed by atoms with van der Waals surface area (Å²) in [5.41, 5.74) is 0.239. The number of nitro groups is 1. The van der Waals surface area contributed by atoms with Gasteiger partial charge in [0.2, 0.25) is 11.8 Å². The van der Waals surface area contributed by atoms with E-state index >= 15 is 0 Å². The van der Waals surface area contributed by atoms with Crippen molar-refractivity contribution < 1.29 is 4.92 Å². The highest BCUT2D eigenvalue weighted by Crippen LogP contribution is 2.29. The molecule has 2 rings (SSSR count). The van der Waals surface area contributed by atoms with E-state index in [0.717, 1.165) is 9.35 Å². The second-order valence-corrected chi connectivity index (χ2v) is 6.02. The minimum Gasteiger partial charge on any atom is -0.359 e. The highest BCUT2D eigenvalue weighted by atomic mass is 79.9. The van der Waals surface area contributed by atoms with Crippen molar-refractivity contribution in [1.29, 1.82) is 0 Å². The van der Waals surface area contributed by atoms with Gasteiger partial charge in [-0.1, -0.05) is 0 Å². The van der Waals surface area contributed by atoms with Gasteiger partial charge in [-0.25, -0.2) is 4.98 Å². The summed E-state index contributed by atoms with van der Waals surface area (Å²) in [7, 11) is 0. The minimum absolute atomic E-state index is 0.0932. The number of thiophene rings is 1. The molecular weight excluding hydrogens is 358 g/mol. The number of nitrogens with one attached hydrogen (secondary N) is 2. The number of nitrogens with zero attached hydrogens (tertiary/aromatic N) is 3. The van der Waals surface area contributed by atoms with Gasteiger partial charge in [0.05, 0.1) is 11.5 Å². The molecule has 112 valence electrons. The summed E-state index contributed by atoms with van der Waals surface area (Å²) in [6.07, 6.45) is 0. The van der Waals surface area contributed by atoms with Gasteiger partial charge in [-0.15, -0.1) is 11.3 Å². The van der Waals surface area contributed by atoms with Crippen molar-refractivity contribution in [1.82, 2.24) is 9.97 Å². The zero-order chi connectivity index (χ0) is 15.4. The molecule has 2 aromatic heterocycles. The first-order chi connectivity index (χ1) is 10.0. The van der Waals surface area contributed by atoms with E-state index < -0.39 is 4.92 Å². The van der Waals surface area contributed by atoms with Crippen molar-refractivity contribution in [2.75, 3.05) is 17.2 Å². The third-order valence-corrected chi connectivity index (χ3v) is 4.61. The summed E-state index contributed by atoms with van der Waals surface area (Å²) in [5.74, 6) is 0.608. The van der Waals surface area contributed by atoms with Gasteiger partial charge in [0.25, 0.3) is 0 Å². The molecule has 0 atom stereocenters. The maximum Gasteiger partial charge on any atom is 0.332 e. The highest BCUT2D eigenvalue weighted by Gasteiger charge is 2.22. The Bertz CT molecular complexity index is 661. The Morgan fingerprint density at radius 1 is 1.43 bits per heavy atom. The molecule has 0 spiro atoms. The Morgan fingerprint density at radius 2 is 2.19 bits per heavy atom. The highest BCUT2D eigenvalue weighted by molar-refractivity contribution is 9.10. The van der Waals surface area contributed by atoms with Crippen LogP contribution in [-0.4, -0.2) is 21.4 Å². The van der Waals surface area contributed by atoms with E-state index in [1.54, 1.807) is 18.3 Å². The molecular formula is C12H14BrN5O2S. The van der Waals surface area contributed by atoms with E-state index in [1.807, 2.05) is 18.4 Å². The summed E-state index contributed by atoms with van der Waals surface area (Å²) in [6, 6.07) is 1.94. The van der Waals surface area contributed by atoms with E-state index in [1.165, 1.54) is 0 Å². The molecule has 0 unspecified atom stereocenters. The SMILES string of the molecule is CCNc1nc(C)c([N+](=O)[O-])c(NCc2sccc2Br)n1. The average molecular weight is 372 g/mol. The van der Waals surface area contributed by atoms with Crippen LogP contribution in [0.5, 0.6) is 0 Å². The van der Waals surface area contributed by atoms with Crippen molar-refractivity contribution >= 4 is 44.7 Å². The summed E-state index contributed by atoms with van der Waals surface area (Å²) in [5, 5.41) is 19.1. The average Bonchev–Trinajstić information content (AvgIpc) is 2.81. The van der Waals surface area contributed by atoms with Gasteiger partial charge in [-0.05, 0) is 41.2 Å². The number of aromatic nitrogens is 2. The molecule has 0 bridgehead atoms. The minimum atomic E-state index is -0.461. The van der Waals surface area contributed by atoms with Gasteiger partial charge >= 0.3 is 5.69 Å². The Labute approximate surface area is 134 Å². The number of hydrogen-bond donors (Lipinski definition) is 2. The lowest BCUT2D eigenvalue weighted by atomic mass is 10.3. The van der Waals surface area contributed by atoms with Crippen molar-refractivity contribution in [3.8, 4) is 0 Å². The van der Waals surface area contributed by atoms with Crippen molar-refractivity contribution in [3.05, 3.63) is 36.6 Å². The molecule has 2 N–H and O–H groups in total. The predicted octanol–water partition coefficient (Wildman–Crippen LogP) is 3.56. The third-order valence-electron chi connectivity index (χ3n) is 2.68. The second-order valence-electron chi connectivity index (χ2n) is 4.16. The number of aryl methyl sites for hydroxylation is 1. The number of halogens is 1. The molecule has 7 nitrogen and oxygen atoms in total. The zero-order valence-electron chi connectivity index (χ0n) is 11.5. The molecule has 0 aromatic carbocycles. The first kappa shape index (κ1) is 15.6. The third kappa shape index (κ3) is 3.67. The summed E-state index contributed by atoms with van der Waals surface area (Å²) in [6.45, 7) is 4.62. The molecule has 2 aromatic rings. The molecule has 0 aliphatic heterocycles. The normalized spacial score (nSPS) is 10.4. The topological polar surface area (TPSA) is 93.0 Å². The van der Waals surface area contributed by atoms with Gasteiger partial charge in [0, 0.05) is 15.9 Å². The van der Waals surface area contributed by atoms with E-state index in [-0.39, 0.29) is 11.5 Å². The number of hydrogen-bond acceptors (Lipinski definition) is 7. The van der Waals surface area contributed by atoms with Crippen LogP contribution < -0.4 is 10.6 Å². The van der Waals surface area contributed by atoms with Gasteiger partial charge in [0.1, 0.15) is 5.69 Å². The van der Waals surface area contributed by atoms with Crippen LogP contribution in [-0.2, 0) is 6.54 Å². The standard InChI is InChI=1S/C12H14BrN5O2S/c1-3-14-12-16-7(2)10(18(19)20)11(17-12)15-6-9-8(13)4-5-21-9/h4-5H,3,6H2,1-2H3,(H2,14,15,16,17). The summed E-state index contributed by atoms with van der Waals surface area (Å²) >= 11 is 5.00. The molecule has 0 aliphatic rings. The van der Waals surface area contributed by atoms with Crippen LogP contribution in [0, 0.1) is 17.0 Å².